The van der Waals surface area contributed by atoms with E-state index in [0.29, 0.717) is 13.1 Å². The molecule has 5 heteroatoms. The third-order valence-electron chi connectivity index (χ3n) is 2.75. The molecule has 2 N–H and O–H groups in total. The van der Waals surface area contributed by atoms with Crippen LogP contribution < -0.4 is 15.4 Å². The summed E-state index contributed by atoms with van der Waals surface area (Å²) in [6.07, 6.45) is 0. The molecule has 1 aromatic rings. The fourth-order valence-corrected chi connectivity index (χ4v) is 1.84. The Labute approximate surface area is 101 Å². The van der Waals surface area contributed by atoms with Gasteiger partial charge in [0.1, 0.15) is 5.75 Å². The molecule has 0 aromatic heterocycles. The van der Waals surface area contributed by atoms with Crippen molar-refractivity contribution >= 4 is 11.7 Å². The van der Waals surface area contributed by atoms with Crippen LogP contribution in [0, 0.1) is 0 Å². The third kappa shape index (κ3) is 2.81. The minimum atomic E-state index is 0.0202. The number of rotatable bonds is 5. The Hall–Kier alpha value is -1.91. The zero-order valence-electron chi connectivity index (χ0n) is 9.90. The Morgan fingerprint density at radius 2 is 2.29 bits per heavy atom. The standard InChI is InChI=1S/C12H17N3O2/c1-17-11-5-3-2-4-10(11)13-6-8-15-9-7-14-12(15)16/h2-5,13H,6-9H2,1H3,(H,14,16). The summed E-state index contributed by atoms with van der Waals surface area (Å²) in [5, 5.41) is 6.04. The molecule has 1 heterocycles. The normalized spacial score (nSPS) is 14.6. The maximum atomic E-state index is 11.3. The zero-order chi connectivity index (χ0) is 12.1. The first-order valence-electron chi connectivity index (χ1n) is 5.71. The molecule has 1 aromatic carbocycles. The Morgan fingerprint density at radius 1 is 1.47 bits per heavy atom. The minimum absolute atomic E-state index is 0.0202. The summed E-state index contributed by atoms with van der Waals surface area (Å²) >= 11 is 0. The molecule has 1 aliphatic heterocycles. The van der Waals surface area contributed by atoms with E-state index in [2.05, 4.69) is 10.6 Å². The number of amides is 2. The highest BCUT2D eigenvalue weighted by Gasteiger charge is 2.18. The first kappa shape index (κ1) is 11.6. The van der Waals surface area contributed by atoms with Gasteiger partial charge < -0.3 is 20.3 Å². The predicted molar refractivity (Wildman–Crippen MR) is 66.5 cm³/mol. The molecule has 2 rings (SSSR count). The Kier molecular flexibility index (Phi) is 3.69. The third-order valence-corrected chi connectivity index (χ3v) is 2.75. The maximum Gasteiger partial charge on any atom is 0.317 e. The van der Waals surface area contributed by atoms with Crippen LogP contribution in [0.25, 0.3) is 0 Å². The Bertz CT molecular complexity index is 395. The average Bonchev–Trinajstić information content (AvgIpc) is 2.76. The number of benzene rings is 1. The summed E-state index contributed by atoms with van der Waals surface area (Å²) in [7, 11) is 1.65. The van der Waals surface area contributed by atoms with Crippen LogP contribution in [0.1, 0.15) is 0 Å². The zero-order valence-corrected chi connectivity index (χ0v) is 9.90. The number of hydrogen-bond acceptors (Lipinski definition) is 3. The fourth-order valence-electron chi connectivity index (χ4n) is 1.84. The van der Waals surface area contributed by atoms with Crippen LogP contribution in [-0.2, 0) is 0 Å². The quantitative estimate of drug-likeness (QED) is 0.804. The summed E-state index contributed by atoms with van der Waals surface area (Å²) < 4.78 is 5.23. The van der Waals surface area contributed by atoms with Gasteiger partial charge in [0.25, 0.3) is 0 Å². The Morgan fingerprint density at radius 3 is 3.00 bits per heavy atom. The molecule has 0 spiro atoms. The molecular weight excluding hydrogens is 218 g/mol. The van der Waals surface area contributed by atoms with Gasteiger partial charge in [0.15, 0.2) is 0 Å². The fraction of sp³-hybridized carbons (Fsp3) is 0.417. The number of urea groups is 1. The first-order chi connectivity index (χ1) is 8.31. The van der Waals surface area contributed by atoms with E-state index < -0.39 is 0 Å². The summed E-state index contributed by atoms with van der Waals surface area (Å²) in [5.74, 6) is 0.818. The molecule has 0 saturated carbocycles. The van der Waals surface area contributed by atoms with Crippen molar-refractivity contribution in [3.05, 3.63) is 24.3 Å². The lowest BCUT2D eigenvalue weighted by Gasteiger charge is -2.16. The number of ether oxygens (including phenoxy) is 1. The van der Waals surface area contributed by atoms with Crippen molar-refractivity contribution in [3.8, 4) is 5.75 Å². The van der Waals surface area contributed by atoms with Gasteiger partial charge in [-0.1, -0.05) is 12.1 Å². The van der Waals surface area contributed by atoms with E-state index in [-0.39, 0.29) is 6.03 Å². The predicted octanol–water partition coefficient (Wildman–Crippen LogP) is 1.13. The molecule has 0 bridgehead atoms. The second-order valence-corrected chi connectivity index (χ2v) is 3.85. The minimum Gasteiger partial charge on any atom is -0.495 e. The lowest BCUT2D eigenvalue weighted by Crippen LogP contribution is -2.32. The lowest BCUT2D eigenvalue weighted by molar-refractivity contribution is 0.219. The molecule has 17 heavy (non-hydrogen) atoms. The van der Waals surface area contributed by atoms with Crippen molar-refractivity contribution in [1.82, 2.24) is 10.2 Å². The Balaban J connectivity index is 1.83. The van der Waals surface area contributed by atoms with Crippen molar-refractivity contribution in [2.75, 3.05) is 38.6 Å². The van der Waals surface area contributed by atoms with Gasteiger partial charge in [-0.25, -0.2) is 4.79 Å². The number of carbonyl (C=O) groups excluding carboxylic acids is 1. The van der Waals surface area contributed by atoms with Crippen molar-refractivity contribution in [2.24, 2.45) is 0 Å². The van der Waals surface area contributed by atoms with Crippen LogP contribution in [0.5, 0.6) is 5.75 Å². The number of nitrogens with zero attached hydrogens (tertiary/aromatic N) is 1. The van der Waals surface area contributed by atoms with Crippen LogP contribution in [0.2, 0.25) is 0 Å². The van der Waals surface area contributed by atoms with E-state index in [9.17, 15) is 4.79 Å². The van der Waals surface area contributed by atoms with Crippen molar-refractivity contribution in [2.45, 2.75) is 0 Å². The van der Waals surface area contributed by atoms with Gasteiger partial charge >= 0.3 is 6.03 Å². The molecule has 92 valence electrons. The van der Waals surface area contributed by atoms with Gasteiger partial charge in [0.05, 0.1) is 12.8 Å². The number of nitrogens with one attached hydrogen (secondary N) is 2. The van der Waals surface area contributed by atoms with Gasteiger partial charge in [0.2, 0.25) is 0 Å². The SMILES string of the molecule is COc1ccccc1NCCN1CCNC1=O. The molecular formula is C12H17N3O2. The molecule has 1 aliphatic rings. The second kappa shape index (κ2) is 5.43. The summed E-state index contributed by atoms with van der Waals surface area (Å²) in [6.45, 7) is 2.94. The van der Waals surface area contributed by atoms with E-state index in [1.165, 1.54) is 0 Å². The summed E-state index contributed by atoms with van der Waals surface area (Å²) in [4.78, 5) is 13.1. The molecule has 0 atom stereocenters. The van der Waals surface area contributed by atoms with E-state index >= 15 is 0 Å². The molecule has 5 nitrogen and oxygen atoms in total. The lowest BCUT2D eigenvalue weighted by atomic mass is 10.3. The molecule has 0 unspecified atom stereocenters. The van der Waals surface area contributed by atoms with E-state index in [0.717, 1.165) is 24.5 Å². The highest BCUT2D eigenvalue weighted by molar-refractivity contribution is 5.76. The molecule has 0 aliphatic carbocycles. The van der Waals surface area contributed by atoms with Crippen molar-refractivity contribution in [1.29, 1.82) is 0 Å². The van der Waals surface area contributed by atoms with E-state index in [1.54, 1.807) is 12.0 Å². The van der Waals surface area contributed by atoms with Crippen LogP contribution in [-0.4, -0.2) is 44.2 Å². The van der Waals surface area contributed by atoms with Crippen LogP contribution >= 0.6 is 0 Å². The second-order valence-electron chi connectivity index (χ2n) is 3.85. The number of hydrogen-bond donors (Lipinski definition) is 2. The van der Waals surface area contributed by atoms with Crippen LogP contribution in [0.15, 0.2) is 24.3 Å². The van der Waals surface area contributed by atoms with Gasteiger partial charge in [-0.05, 0) is 12.1 Å². The number of para-hydroxylation sites is 2. The van der Waals surface area contributed by atoms with Crippen LogP contribution in [0.4, 0.5) is 10.5 Å². The summed E-state index contributed by atoms with van der Waals surface area (Å²) in [5.41, 5.74) is 0.953. The number of anilines is 1. The number of carbonyl (C=O) groups is 1. The molecule has 1 fully saturated rings. The first-order valence-corrected chi connectivity index (χ1v) is 5.71. The van der Waals surface area contributed by atoms with E-state index in [4.69, 9.17) is 4.74 Å². The van der Waals surface area contributed by atoms with Crippen molar-refractivity contribution in [3.63, 3.8) is 0 Å². The van der Waals surface area contributed by atoms with E-state index in [1.807, 2.05) is 24.3 Å². The van der Waals surface area contributed by atoms with Gasteiger partial charge in [-0.2, -0.15) is 0 Å². The maximum absolute atomic E-state index is 11.3. The molecule has 1 saturated heterocycles. The highest BCUT2D eigenvalue weighted by Crippen LogP contribution is 2.22. The molecule has 0 radical (unpaired) electrons. The monoisotopic (exact) mass is 235 g/mol. The molecule has 2 amide bonds. The van der Waals surface area contributed by atoms with Gasteiger partial charge in [-0.15, -0.1) is 0 Å². The largest absolute Gasteiger partial charge is 0.495 e. The van der Waals surface area contributed by atoms with Crippen molar-refractivity contribution < 1.29 is 9.53 Å². The van der Waals surface area contributed by atoms with Crippen LogP contribution in [0.3, 0.4) is 0 Å². The smallest absolute Gasteiger partial charge is 0.317 e. The highest BCUT2D eigenvalue weighted by atomic mass is 16.5. The van der Waals surface area contributed by atoms with Gasteiger partial charge in [0, 0.05) is 26.2 Å². The van der Waals surface area contributed by atoms with Gasteiger partial charge in [-0.3, -0.25) is 0 Å². The summed E-state index contributed by atoms with van der Waals surface area (Å²) in [6, 6.07) is 7.77. The topological polar surface area (TPSA) is 53.6 Å². The average molecular weight is 235 g/mol. The number of methoxy groups -OCH3 is 1.